The number of nitrogens with one attached hydrogen (secondary N) is 2. The van der Waals surface area contributed by atoms with Crippen LogP contribution in [0.3, 0.4) is 0 Å². The number of carbonyl (C=O) groups is 1. The summed E-state index contributed by atoms with van der Waals surface area (Å²) in [6, 6.07) is 21.9. The molecule has 13 heteroatoms. The molecule has 11 nitrogen and oxygen atoms in total. The predicted molar refractivity (Wildman–Crippen MR) is 168 cm³/mol. The van der Waals surface area contributed by atoms with Crippen LogP contribution in [0.1, 0.15) is 24.8 Å². The van der Waals surface area contributed by atoms with E-state index in [1.807, 2.05) is 24.3 Å². The zero-order chi connectivity index (χ0) is 32.1. The predicted octanol–water partition coefficient (Wildman–Crippen LogP) is 5.25. The zero-order valence-electron chi connectivity index (χ0n) is 24.8. The Labute approximate surface area is 262 Å². The molecule has 238 valence electrons. The maximum Gasteiger partial charge on any atom is 0.290 e. The molecule has 0 atom stereocenters. The summed E-state index contributed by atoms with van der Waals surface area (Å²) < 4.78 is 45.1. The summed E-state index contributed by atoms with van der Waals surface area (Å²) in [6.07, 6.45) is 4.66. The highest BCUT2D eigenvalue weighted by Gasteiger charge is 2.17. The number of piperidine rings is 1. The fraction of sp³-hybridized carbons (Fsp3) is 0.281. The van der Waals surface area contributed by atoms with E-state index >= 15 is 0 Å². The van der Waals surface area contributed by atoms with Crippen LogP contribution in [0.2, 0.25) is 0 Å². The highest BCUT2D eigenvalue weighted by Crippen LogP contribution is 2.27. The topological polar surface area (TPSA) is 143 Å². The average Bonchev–Trinajstić information content (AvgIpc) is 3.04. The number of hydrogen-bond acceptors (Lipinski definition) is 9. The molecule has 2 heterocycles. The van der Waals surface area contributed by atoms with Gasteiger partial charge in [0.05, 0.1) is 23.8 Å². The highest BCUT2D eigenvalue weighted by atomic mass is 32.2. The average molecular weight is 638 g/mol. The molecule has 0 spiro atoms. The smallest absolute Gasteiger partial charge is 0.290 e. The molecule has 3 N–H and O–H groups in total. The zero-order valence-corrected chi connectivity index (χ0v) is 25.6. The van der Waals surface area contributed by atoms with Crippen LogP contribution in [-0.4, -0.2) is 61.6 Å². The normalized spacial score (nSPS) is 13.8. The summed E-state index contributed by atoms with van der Waals surface area (Å²) in [6.45, 7) is 2.50. The van der Waals surface area contributed by atoms with Crippen LogP contribution >= 0.6 is 0 Å². The summed E-state index contributed by atoms with van der Waals surface area (Å²) in [5, 5.41) is 10.1. The van der Waals surface area contributed by atoms with E-state index in [0.29, 0.717) is 29.6 Å². The number of ether oxygens (including phenoxy) is 1. The van der Waals surface area contributed by atoms with Gasteiger partial charge < -0.3 is 20.1 Å². The molecular weight excluding hydrogens is 601 g/mol. The second-order valence-electron chi connectivity index (χ2n) is 10.4. The number of hydrogen-bond donors (Lipinski definition) is 3. The summed E-state index contributed by atoms with van der Waals surface area (Å²) in [4.78, 5) is 26.7. The summed E-state index contributed by atoms with van der Waals surface area (Å²) in [5.41, 5.74) is 2.71. The first kappa shape index (κ1) is 33.5. The molecule has 1 aliphatic rings. The van der Waals surface area contributed by atoms with Crippen LogP contribution in [0.4, 0.5) is 15.9 Å². The van der Waals surface area contributed by atoms with Crippen molar-refractivity contribution in [2.24, 2.45) is 5.92 Å². The first-order chi connectivity index (χ1) is 21.8. The standard InChI is InChI=1S/C31H34FN5O4S.CH2O2/c1-37-16-13-23(14-17-37)15-18-40-30-12-9-25(19-28(30)32)29-20-31(34-22-33-29)35-26-10-7-24(8-11-26)21-41-36-42(38,39)27-5-3-2-4-6-27;2-1-3/h2-12,19-20,22-23,36H,13-18,21H2,1H3,(H,33,34,35);1H,(H,2,3). The molecule has 0 unspecified atom stereocenters. The van der Waals surface area contributed by atoms with Crippen molar-refractivity contribution in [1.29, 1.82) is 0 Å². The number of halogens is 1. The maximum atomic E-state index is 14.8. The Balaban J connectivity index is 0.00000148. The molecule has 0 saturated carbocycles. The lowest BCUT2D eigenvalue weighted by Crippen LogP contribution is -2.30. The van der Waals surface area contributed by atoms with Crippen molar-refractivity contribution in [3.8, 4) is 17.0 Å². The van der Waals surface area contributed by atoms with Crippen molar-refractivity contribution in [2.75, 3.05) is 32.1 Å². The molecule has 3 aromatic carbocycles. The minimum absolute atomic E-state index is 0.0491. The van der Waals surface area contributed by atoms with Gasteiger partial charge >= 0.3 is 0 Å². The Kier molecular flexibility index (Phi) is 12.3. The van der Waals surface area contributed by atoms with Crippen molar-refractivity contribution >= 4 is 28.0 Å². The Morgan fingerprint density at radius 1 is 1.02 bits per heavy atom. The van der Waals surface area contributed by atoms with Crippen LogP contribution in [0.25, 0.3) is 11.3 Å². The van der Waals surface area contributed by atoms with Crippen LogP contribution in [0.5, 0.6) is 5.75 Å². The Morgan fingerprint density at radius 2 is 1.73 bits per heavy atom. The molecule has 0 amide bonds. The first-order valence-corrected chi connectivity index (χ1v) is 15.8. The van der Waals surface area contributed by atoms with E-state index in [-0.39, 0.29) is 23.7 Å². The van der Waals surface area contributed by atoms with E-state index in [1.165, 1.54) is 24.5 Å². The molecule has 5 rings (SSSR count). The van der Waals surface area contributed by atoms with Crippen LogP contribution in [0, 0.1) is 11.7 Å². The minimum atomic E-state index is -3.75. The monoisotopic (exact) mass is 637 g/mol. The van der Waals surface area contributed by atoms with E-state index in [4.69, 9.17) is 19.5 Å². The molecule has 0 radical (unpaired) electrons. The molecule has 0 aliphatic carbocycles. The fourth-order valence-electron chi connectivity index (χ4n) is 4.72. The van der Waals surface area contributed by atoms with Gasteiger partial charge in [0.2, 0.25) is 0 Å². The van der Waals surface area contributed by atoms with Crippen molar-refractivity contribution in [1.82, 2.24) is 19.8 Å². The van der Waals surface area contributed by atoms with Crippen molar-refractivity contribution < 1.29 is 32.3 Å². The van der Waals surface area contributed by atoms with Crippen molar-refractivity contribution in [3.05, 3.63) is 96.6 Å². The second-order valence-corrected chi connectivity index (χ2v) is 12.1. The van der Waals surface area contributed by atoms with Gasteiger partial charge in [0.15, 0.2) is 11.6 Å². The van der Waals surface area contributed by atoms with Crippen LogP contribution < -0.4 is 14.9 Å². The van der Waals surface area contributed by atoms with E-state index < -0.39 is 15.8 Å². The van der Waals surface area contributed by atoms with Gasteiger partial charge in [-0.15, -0.1) is 0 Å². The van der Waals surface area contributed by atoms with Gasteiger partial charge in [-0.1, -0.05) is 35.2 Å². The third-order valence-corrected chi connectivity index (χ3v) is 8.43. The fourth-order valence-corrected chi connectivity index (χ4v) is 5.54. The van der Waals surface area contributed by atoms with Crippen molar-refractivity contribution in [2.45, 2.75) is 30.8 Å². The number of rotatable bonds is 12. The van der Waals surface area contributed by atoms with Gasteiger partial charge in [-0.3, -0.25) is 9.63 Å². The highest BCUT2D eigenvalue weighted by molar-refractivity contribution is 7.89. The molecule has 1 aliphatic heterocycles. The molecule has 0 bridgehead atoms. The summed E-state index contributed by atoms with van der Waals surface area (Å²) >= 11 is 0. The number of aromatic nitrogens is 2. The second kappa shape index (κ2) is 16.6. The number of likely N-dealkylation sites (tertiary alicyclic amines) is 1. The van der Waals surface area contributed by atoms with Crippen molar-refractivity contribution in [3.63, 3.8) is 0 Å². The molecular formula is C32H36FN5O6S. The van der Waals surface area contributed by atoms with E-state index in [9.17, 15) is 12.8 Å². The van der Waals surface area contributed by atoms with E-state index in [2.05, 4.69) is 32.1 Å². The van der Waals surface area contributed by atoms with E-state index in [0.717, 1.165) is 43.6 Å². The Hall–Kier alpha value is -4.43. The number of anilines is 2. The number of benzene rings is 3. The largest absolute Gasteiger partial charge is 0.491 e. The van der Waals surface area contributed by atoms with Gasteiger partial charge in [-0.05, 0) is 93.3 Å². The van der Waals surface area contributed by atoms with Crippen LogP contribution in [-0.2, 0) is 26.3 Å². The van der Waals surface area contributed by atoms with Gasteiger partial charge in [0, 0.05) is 17.3 Å². The Morgan fingerprint density at radius 3 is 2.42 bits per heavy atom. The third kappa shape index (κ3) is 10.3. The lowest BCUT2D eigenvalue weighted by Gasteiger charge is -2.28. The number of sulfonamides is 1. The first-order valence-electron chi connectivity index (χ1n) is 14.3. The summed E-state index contributed by atoms with van der Waals surface area (Å²) in [7, 11) is -1.61. The van der Waals surface area contributed by atoms with Gasteiger partial charge in [-0.25, -0.2) is 22.8 Å². The lowest BCUT2D eigenvalue weighted by atomic mass is 9.94. The van der Waals surface area contributed by atoms with Gasteiger partial charge in [0.25, 0.3) is 16.5 Å². The molecule has 45 heavy (non-hydrogen) atoms. The SMILES string of the molecule is CN1CCC(CCOc2ccc(-c3cc(Nc4ccc(CONS(=O)(=O)c5ccccc5)cc4)ncn3)cc2F)CC1.O=CO. The van der Waals surface area contributed by atoms with Gasteiger partial charge in [0.1, 0.15) is 12.1 Å². The quantitative estimate of drug-likeness (QED) is 0.139. The molecule has 1 aromatic heterocycles. The molecule has 1 saturated heterocycles. The summed E-state index contributed by atoms with van der Waals surface area (Å²) in [5.74, 6) is 0.989. The molecule has 4 aromatic rings. The minimum Gasteiger partial charge on any atom is -0.491 e. The lowest BCUT2D eigenvalue weighted by molar-refractivity contribution is -0.122. The van der Waals surface area contributed by atoms with E-state index in [1.54, 1.807) is 36.4 Å². The van der Waals surface area contributed by atoms with Gasteiger partial charge in [-0.2, -0.15) is 0 Å². The number of nitrogens with zero attached hydrogens (tertiary/aromatic N) is 3. The number of carboxylic acid groups (broad SMARTS) is 1. The third-order valence-electron chi connectivity index (χ3n) is 7.20. The maximum absolute atomic E-state index is 14.8. The molecule has 1 fully saturated rings. The van der Waals surface area contributed by atoms with Crippen LogP contribution in [0.15, 0.2) is 90.1 Å². The Bertz CT molecular complexity index is 1620.